The van der Waals surface area contributed by atoms with Gasteiger partial charge >= 0.3 is 5.97 Å². The van der Waals surface area contributed by atoms with Gasteiger partial charge in [0.05, 0.1) is 5.03 Å². The van der Waals surface area contributed by atoms with Crippen molar-refractivity contribution in [1.82, 2.24) is 4.98 Å². The van der Waals surface area contributed by atoms with Crippen LogP contribution in [0.15, 0.2) is 22.1 Å². The third-order valence-electron chi connectivity index (χ3n) is 1.75. The fraction of sp³-hybridized carbons (Fsp3) is 0.500. The highest BCUT2D eigenvalue weighted by Crippen LogP contribution is 2.29. The Morgan fingerprint density at radius 3 is 2.24 bits per heavy atom. The lowest BCUT2D eigenvalue weighted by molar-refractivity contribution is 0.0685. The SMILES string of the molecule is CC(C)Sc1ccc(SC(C)C)c(C(=O)O)n1. The van der Waals surface area contributed by atoms with E-state index in [1.807, 2.05) is 26.0 Å². The van der Waals surface area contributed by atoms with Crippen LogP contribution in [0.5, 0.6) is 0 Å². The summed E-state index contributed by atoms with van der Waals surface area (Å²) in [6.07, 6.45) is 0. The van der Waals surface area contributed by atoms with Crippen molar-refractivity contribution >= 4 is 29.5 Å². The largest absolute Gasteiger partial charge is 0.476 e. The first kappa shape index (κ1) is 14.4. The zero-order valence-corrected chi connectivity index (χ0v) is 12.1. The lowest BCUT2D eigenvalue weighted by Gasteiger charge is -2.10. The van der Waals surface area contributed by atoms with Crippen molar-refractivity contribution in [3.8, 4) is 0 Å². The second-order valence-corrected chi connectivity index (χ2v) is 7.35. The van der Waals surface area contributed by atoms with Crippen molar-refractivity contribution in [2.75, 3.05) is 0 Å². The van der Waals surface area contributed by atoms with Crippen molar-refractivity contribution < 1.29 is 9.90 Å². The second kappa shape index (κ2) is 6.31. The van der Waals surface area contributed by atoms with Gasteiger partial charge in [0.1, 0.15) is 0 Å². The number of pyridine rings is 1. The summed E-state index contributed by atoms with van der Waals surface area (Å²) in [5.74, 6) is -0.959. The van der Waals surface area contributed by atoms with E-state index in [9.17, 15) is 4.79 Å². The number of hydrogen-bond donors (Lipinski definition) is 1. The van der Waals surface area contributed by atoms with E-state index in [2.05, 4.69) is 18.8 Å². The fourth-order valence-corrected chi connectivity index (χ4v) is 2.91. The highest BCUT2D eigenvalue weighted by atomic mass is 32.2. The maximum Gasteiger partial charge on any atom is 0.355 e. The molecular formula is C12H17NO2S2. The van der Waals surface area contributed by atoms with Gasteiger partial charge in [-0.25, -0.2) is 9.78 Å². The number of carboxylic acid groups (broad SMARTS) is 1. The first-order chi connectivity index (χ1) is 7.90. The summed E-state index contributed by atoms with van der Waals surface area (Å²) in [5.41, 5.74) is 0.161. The molecule has 0 atom stereocenters. The minimum Gasteiger partial charge on any atom is -0.476 e. The van der Waals surface area contributed by atoms with E-state index in [4.69, 9.17) is 5.11 Å². The standard InChI is InChI=1S/C12H17NO2S2/c1-7(2)16-9-5-6-10(17-8(3)4)13-11(9)12(14)15/h5-8H,1-4H3,(H,14,15). The molecule has 0 spiro atoms. The molecule has 0 unspecified atom stereocenters. The van der Waals surface area contributed by atoms with Gasteiger partial charge in [-0.2, -0.15) is 0 Å². The first-order valence-electron chi connectivity index (χ1n) is 5.47. The predicted molar refractivity (Wildman–Crippen MR) is 73.2 cm³/mol. The maximum absolute atomic E-state index is 11.2. The predicted octanol–water partition coefficient (Wildman–Crippen LogP) is 3.78. The highest BCUT2D eigenvalue weighted by Gasteiger charge is 2.15. The van der Waals surface area contributed by atoms with Crippen LogP contribution in [0, 0.1) is 0 Å². The Morgan fingerprint density at radius 1 is 1.18 bits per heavy atom. The molecule has 0 saturated carbocycles. The molecule has 0 amide bonds. The molecule has 17 heavy (non-hydrogen) atoms. The molecule has 94 valence electrons. The van der Waals surface area contributed by atoms with Crippen LogP contribution in [0.2, 0.25) is 0 Å². The van der Waals surface area contributed by atoms with Crippen LogP contribution < -0.4 is 0 Å². The molecule has 3 nitrogen and oxygen atoms in total. The topological polar surface area (TPSA) is 50.2 Å². The van der Waals surface area contributed by atoms with Gasteiger partial charge in [0.2, 0.25) is 0 Å². The molecule has 1 rings (SSSR count). The summed E-state index contributed by atoms with van der Waals surface area (Å²) < 4.78 is 0. The normalized spacial score (nSPS) is 11.2. The van der Waals surface area contributed by atoms with Crippen molar-refractivity contribution in [1.29, 1.82) is 0 Å². The Kier molecular flexibility index (Phi) is 5.33. The van der Waals surface area contributed by atoms with Crippen molar-refractivity contribution in [3.63, 3.8) is 0 Å². The van der Waals surface area contributed by atoms with Crippen LogP contribution >= 0.6 is 23.5 Å². The van der Waals surface area contributed by atoms with Crippen molar-refractivity contribution in [2.24, 2.45) is 0 Å². The minimum absolute atomic E-state index is 0.161. The number of carbonyl (C=O) groups is 1. The molecule has 0 aliphatic heterocycles. The number of nitrogens with zero attached hydrogens (tertiary/aromatic N) is 1. The zero-order valence-electron chi connectivity index (χ0n) is 10.4. The molecule has 1 N–H and O–H groups in total. The second-order valence-electron chi connectivity index (χ2n) is 4.13. The molecule has 5 heteroatoms. The number of hydrogen-bond acceptors (Lipinski definition) is 4. The van der Waals surface area contributed by atoms with Gasteiger partial charge in [-0.05, 0) is 12.1 Å². The van der Waals surface area contributed by atoms with Gasteiger partial charge in [-0.3, -0.25) is 0 Å². The van der Waals surface area contributed by atoms with Gasteiger partial charge in [0.25, 0.3) is 0 Å². The van der Waals surface area contributed by atoms with Gasteiger partial charge in [0.15, 0.2) is 5.69 Å². The Bertz CT molecular complexity index is 405. The maximum atomic E-state index is 11.2. The summed E-state index contributed by atoms with van der Waals surface area (Å²) in [6, 6.07) is 3.74. The summed E-state index contributed by atoms with van der Waals surface area (Å²) in [6.45, 7) is 8.19. The first-order valence-corrected chi connectivity index (χ1v) is 7.23. The Hall–Kier alpha value is -0.680. The lowest BCUT2D eigenvalue weighted by Crippen LogP contribution is -2.05. The average Bonchev–Trinajstić information content (AvgIpc) is 2.18. The zero-order chi connectivity index (χ0) is 13.0. The molecular weight excluding hydrogens is 254 g/mol. The number of carboxylic acids is 1. The van der Waals surface area contributed by atoms with Gasteiger partial charge in [-0.15, -0.1) is 23.5 Å². The molecule has 0 radical (unpaired) electrons. The Balaban J connectivity index is 3.04. The van der Waals surface area contributed by atoms with E-state index in [1.54, 1.807) is 11.8 Å². The summed E-state index contributed by atoms with van der Waals surface area (Å²) >= 11 is 3.10. The number of aromatic carboxylic acids is 1. The van der Waals surface area contributed by atoms with Crippen molar-refractivity contribution in [3.05, 3.63) is 17.8 Å². The van der Waals surface area contributed by atoms with Gasteiger partial charge < -0.3 is 5.11 Å². The lowest BCUT2D eigenvalue weighted by atomic mass is 10.3. The van der Waals surface area contributed by atoms with Crippen LogP contribution in [0.25, 0.3) is 0 Å². The smallest absolute Gasteiger partial charge is 0.355 e. The Labute approximate surface area is 110 Å². The van der Waals surface area contributed by atoms with Gasteiger partial charge in [-0.1, -0.05) is 27.7 Å². The van der Waals surface area contributed by atoms with E-state index in [0.717, 1.165) is 9.92 Å². The Morgan fingerprint density at radius 2 is 1.76 bits per heavy atom. The molecule has 0 aliphatic rings. The van der Waals surface area contributed by atoms with Crippen LogP contribution in [0.1, 0.15) is 38.2 Å². The molecule has 1 aromatic rings. The van der Waals surface area contributed by atoms with E-state index in [1.165, 1.54) is 11.8 Å². The van der Waals surface area contributed by atoms with Gasteiger partial charge in [0, 0.05) is 15.4 Å². The molecule has 1 aromatic heterocycles. The van der Waals surface area contributed by atoms with E-state index < -0.39 is 5.97 Å². The molecule has 0 fully saturated rings. The van der Waals surface area contributed by atoms with Crippen LogP contribution in [-0.4, -0.2) is 26.6 Å². The molecule has 1 heterocycles. The van der Waals surface area contributed by atoms with Crippen molar-refractivity contribution in [2.45, 2.75) is 48.1 Å². The van der Waals surface area contributed by atoms with Crippen LogP contribution in [0.3, 0.4) is 0 Å². The molecule has 0 bridgehead atoms. The quantitative estimate of drug-likeness (QED) is 0.826. The molecule has 0 aromatic carbocycles. The third kappa shape index (κ3) is 4.60. The van der Waals surface area contributed by atoms with Crippen LogP contribution in [-0.2, 0) is 0 Å². The number of rotatable bonds is 5. The monoisotopic (exact) mass is 271 g/mol. The van der Waals surface area contributed by atoms with Crippen LogP contribution in [0.4, 0.5) is 0 Å². The average molecular weight is 271 g/mol. The number of thioether (sulfide) groups is 2. The highest BCUT2D eigenvalue weighted by molar-refractivity contribution is 8.00. The van der Waals surface area contributed by atoms with E-state index in [-0.39, 0.29) is 5.69 Å². The summed E-state index contributed by atoms with van der Waals surface area (Å²) in [7, 11) is 0. The van der Waals surface area contributed by atoms with E-state index in [0.29, 0.717) is 10.5 Å². The molecule has 0 aliphatic carbocycles. The summed E-state index contributed by atoms with van der Waals surface area (Å²) in [4.78, 5) is 16.1. The minimum atomic E-state index is -0.959. The fourth-order valence-electron chi connectivity index (χ4n) is 1.24. The number of aromatic nitrogens is 1. The molecule has 0 saturated heterocycles. The third-order valence-corrected chi connectivity index (χ3v) is 3.75. The summed E-state index contributed by atoms with van der Waals surface area (Å²) in [5, 5.41) is 10.7. The van der Waals surface area contributed by atoms with E-state index >= 15 is 0 Å².